The second-order valence-corrected chi connectivity index (χ2v) is 6.36. The quantitative estimate of drug-likeness (QED) is 0.633. The molecule has 0 spiro atoms. The molecule has 0 aliphatic heterocycles. The Kier molecular flexibility index (Phi) is 5.73. The first-order valence-electron chi connectivity index (χ1n) is 7.34. The van der Waals surface area contributed by atoms with Crippen LogP contribution in [0.1, 0.15) is 32.6 Å². The fraction of sp³-hybridized carbons (Fsp3) is 0.600. The van der Waals surface area contributed by atoms with E-state index < -0.39 is 4.92 Å². The lowest BCUT2D eigenvalue weighted by molar-refractivity contribution is -0.385. The molecule has 1 fully saturated rings. The van der Waals surface area contributed by atoms with Crippen molar-refractivity contribution in [2.24, 2.45) is 0 Å². The van der Waals surface area contributed by atoms with Gasteiger partial charge in [0.1, 0.15) is 0 Å². The Morgan fingerprint density at radius 1 is 1.38 bits per heavy atom. The highest BCUT2D eigenvalue weighted by atomic mass is 32.2. The van der Waals surface area contributed by atoms with Crippen LogP contribution in [0.25, 0.3) is 0 Å². The molecule has 1 aliphatic carbocycles. The van der Waals surface area contributed by atoms with Gasteiger partial charge in [0, 0.05) is 29.1 Å². The number of nitro groups is 1. The van der Waals surface area contributed by atoms with E-state index in [4.69, 9.17) is 4.74 Å². The van der Waals surface area contributed by atoms with Crippen molar-refractivity contribution in [1.29, 1.82) is 0 Å². The molecular formula is C15H22N2O3S. The third kappa shape index (κ3) is 4.27. The van der Waals surface area contributed by atoms with Crippen LogP contribution in [-0.4, -0.2) is 29.1 Å². The second-order valence-electron chi connectivity index (χ2n) is 5.23. The average molecular weight is 310 g/mol. The van der Waals surface area contributed by atoms with E-state index >= 15 is 0 Å². The van der Waals surface area contributed by atoms with Crippen molar-refractivity contribution in [3.05, 3.63) is 28.3 Å². The standard InChI is InChI=1S/C15H22N2O3S/c1-3-20-15-10-12(6-9-14(15)17(18)19)16-11-4-7-13(21-2)8-5-11/h6,9-11,13,16H,3-5,7-8H2,1-2H3. The summed E-state index contributed by atoms with van der Waals surface area (Å²) in [5.41, 5.74) is 0.921. The summed E-state index contributed by atoms with van der Waals surface area (Å²) in [6, 6.07) is 5.47. The number of hydrogen-bond donors (Lipinski definition) is 1. The molecule has 5 nitrogen and oxygen atoms in total. The number of rotatable bonds is 6. The van der Waals surface area contributed by atoms with Crippen molar-refractivity contribution < 1.29 is 9.66 Å². The normalized spacial score (nSPS) is 21.8. The van der Waals surface area contributed by atoms with Crippen molar-refractivity contribution in [2.75, 3.05) is 18.2 Å². The molecule has 116 valence electrons. The summed E-state index contributed by atoms with van der Waals surface area (Å²) >= 11 is 1.95. The highest BCUT2D eigenvalue weighted by Crippen LogP contribution is 2.33. The van der Waals surface area contributed by atoms with Crippen molar-refractivity contribution in [1.82, 2.24) is 0 Å². The van der Waals surface area contributed by atoms with Crippen LogP contribution in [0.2, 0.25) is 0 Å². The van der Waals surface area contributed by atoms with Crippen molar-refractivity contribution in [3.8, 4) is 5.75 Å². The fourth-order valence-corrected chi connectivity index (χ4v) is 3.45. The van der Waals surface area contributed by atoms with Gasteiger partial charge in [-0.2, -0.15) is 11.8 Å². The van der Waals surface area contributed by atoms with Crippen molar-refractivity contribution >= 4 is 23.1 Å². The number of thioether (sulfide) groups is 1. The topological polar surface area (TPSA) is 64.4 Å². The average Bonchev–Trinajstić information content (AvgIpc) is 2.48. The minimum absolute atomic E-state index is 0.0218. The van der Waals surface area contributed by atoms with Crippen molar-refractivity contribution in [3.63, 3.8) is 0 Å². The van der Waals surface area contributed by atoms with E-state index in [1.807, 2.05) is 18.7 Å². The monoisotopic (exact) mass is 310 g/mol. The molecule has 0 bridgehead atoms. The Morgan fingerprint density at radius 2 is 2.10 bits per heavy atom. The van der Waals surface area contributed by atoms with E-state index in [0.717, 1.165) is 23.8 Å². The first-order valence-corrected chi connectivity index (χ1v) is 8.63. The largest absolute Gasteiger partial charge is 0.487 e. The van der Waals surface area contributed by atoms with Gasteiger partial charge in [0.2, 0.25) is 0 Å². The van der Waals surface area contributed by atoms with Gasteiger partial charge in [-0.1, -0.05) is 0 Å². The summed E-state index contributed by atoms with van der Waals surface area (Å²) in [6.45, 7) is 2.25. The molecule has 6 heteroatoms. The van der Waals surface area contributed by atoms with Gasteiger partial charge in [-0.25, -0.2) is 0 Å². The number of nitrogens with zero attached hydrogens (tertiary/aromatic N) is 1. The summed E-state index contributed by atoms with van der Waals surface area (Å²) in [5.74, 6) is 0.338. The highest BCUT2D eigenvalue weighted by Gasteiger charge is 2.21. The van der Waals surface area contributed by atoms with Crippen LogP contribution in [0.3, 0.4) is 0 Å². The second kappa shape index (κ2) is 7.54. The molecule has 1 aromatic carbocycles. The molecular weight excluding hydrogens is 288 g/mol. The molecule has 0 atom stereocenters. The molecule has 0 aromatic heterocycles. The Balaban J connectivity index is 2.03. The third-order valence-electron chi connectivity index (χ3n) is 3.83. The van der Waals surface area contributed by atoms with Gasteiger partial charge in [-0.15, -0.1) is 0 Å². The van der Waals surface area contributed by atoms with Gasteiger partial charge in [0.15, 0.2) is 5.75 Å². The molecule has 0 saturated heterocycles. The molecule has 0 amide bonds. The van der Waals surface area contributed by atoms with E-state index in [-0.39, 0.29) is 5.69 Å². The van der Waals surface area contributed by atoms with Gasteiger partial charge in [0.25, 0.3) is 0 Å². The predicted octanol–water partition coefficient (Wildman–Crippen LogP) is 4.08. The van der Waals surface area contributed by atoms with Gasteiger partial charge >= 0.3 is 5.69 Å². The predicted molar refractivity (Wildman–Crippen MR) is 87.4 cm³/mol. The zero-order valence-electron chi connectivity index (χ0n) is 12.5. The van der Waals surface area contributed by atoms with E-state index in [2.05, 4.69) is 11.6 Å². The van der Waals surface area contributed by atoms with Gasteiger partial charge in [-0.05, 0) is 44.9 Å². The number of nitrogens with one attached hydrogen (secondary N) is 1. The molecule has 0 radical (unpaired) electrons. The zero-order valence-corrected chi connectivity index (χ0v) is 13.3. The lowest BCUT2D eigenvalue weighted by Crippen LogP contribution is -2.27. The molecule has 0 heterocycles. The van der Waals surface area contributed by atoms with Crippen LogP contribution < -0.4 is 10.1 Å². The highest BCUT2D eigenvalue weighted by molar-refractivity contribution is 7.99. The molecule has 0 unspecified atom stereocenters. The molecule has 1 saturated carbocycles. The maximum atomic E-state index is 11.0. The number of hydrogen-bond acceptors (Lipinski definition) is 5. The minimum Gasteiger partial charge on any atom is -0.487 e. The SMILES string of the molecule is CCOc1cc(NC2CCC(SC)CC2)ccc1[N+](=O)[O-]. The van der Waals surface area contributed by atoms with Crippen LogP contribution in [0.4, 0.5) is 11.4 Å². The van der Waals surface area contributed by atoms with Gasteiger partial charge in [0.05, 0.1) is 11.5 Å². The minimum atomic E-state index is -0.404. The van der Waals surface area contributed by atoms with Gasteiger partial charge in [-0.3, -0.25) is 10.1 Å². The van der Waals surface area contributed by atoms with Crippen LogP contribution in [0.15, 0.2) is 18.2 Å². The summed E-state index contributed by atoms with van der Waals surface area (Å²) < 4.78 is 5.38. The number of anilines is 1. The van der Waals surface area contributed by atoms with E-state index in [1.165, 1.54) is 18.9 Å². The number of benzene rings is 1. The van der Waals surface area contributed by atoms with Crippen LogP contribution in [0.5, 0.6) is 5.75 Å². The molecule has 21 heavy (non-hydrogen) atoms. The fourth-order valence-electron chi connectivity index (χ4n) is 2.70. The molecule has 1 N–H and O–H groups in total. The first-order chi connectivity index (χ1) is 10.1. The lowest BCUT2D eigenvalue weighted by Gasteiger charge is -2.28. The van der Waals surface area contributed by atoms with E-state index in [1.54, 1.807) is 12.1 Å². The maximum absolute atomic E-state index is 11.0. The first kappa shape index (κ1) is 15.9. The zero-order chi connectivity index (χ0) is 15.2. The van der Waals surface area contributed by atoms with Crippen LogP contribution in [0, 0.1) is 10.1 Å². The Bertz CT molecular complexity index is 488. The summed E-state index contributed by atoms with van der Waals surface area (Å²) in [7, 11) is 0. The maximum Gasteiger partial charge on any atom is 0.311 e. The Labute approximate surface area is 129 Å². The molecule has 2 rings (SSSR count). The van der Waals surface area contributed by atoms with E-state index in [0.29, 0.717) is 18.4 Å². The Hall–Kier alpha value is -1.43. The summed E-state index contributed by atoms with van der Waals surface area (Å²) in [6.07, 6.45) is 6.91. The third-order valence-corrected chi connectivity index (χ3v) is 4.97. The number of nitro benzene ring substituents is 1. The molecule has 1 aromatic rings. The Morgan fingerprint density at radius 3 is 2.67 bits per heavy atom. The summed E-state index contributed by atoms with van der Waals surface area (Å²) in [5, 5.41) is 15.2. The van der Waals surface area contributed by atoms with Crippen LogP contribution in [-0.2, 0) is 0 Å². The number of ether oxygens (including phenoxy) is 1. The van der Waals surface area contributed by atoms with E-state index in [9.17, 15) is 10.1 Å². The lowest BCUT2D eigenvalue weighted by atomic mass is 9.95. The van der Waals surface area contributed by atoms with Crippen LogP contribution >= 0.6 is 11.8 Å². The van der Waals surface area contributed by atoms with Crippen molar-refractivity contribution in [2.45, 2.75) is 43.9 Å². The molecule has 1 aliphatic rings. The smallest absolute Gasteiger partial charge is 0.311 e. The van der Waals surface area contributed by atoms with Gasteiger partial charge < -0.3 is 10.1 Å². The summed E-state index contributed by atoms with van der Waals surface area (Å²) in [4.78, 5) is 10.6.